The summed E-state index contributed by atoms with van der Waals surface area (Å²) in [6.45, 7) is 2.38. The fraction of sp³-hybridized carbons (Fsp3) is 0.750. The highest BCUT2D eigenvalue weighted by Gasteiger charge is 2.24. The van der Waals surface area contributed by atoms with Gasteiger partial charge in [0.15, 0.2) is 0 Å². The minimum Gasteiger partial charge on any atom is -0.463 e. The molecular formula is C12H19F3O2. The van der Waals surface area contributed by atoms with Crippen LogP contribution < -0.4 is 0 Å². The monoisotopic (exact) mass is 252 g/mol. The lowest BCUT2D eigenvalue weighted by Crippen LogP contribution is -2.06. The fourth-order valence-electron chi connectivity index (χ4n) is 1.22. The first-order chi connectivity index (χ1) is 7.95. The van der Waals surface area contributed by atoms with Crippen LogP contribution in [0.3, 0.4) is 0 Å². The van der Waals surface area contributed by atoms with E-state index in [1.54, 1.807) is 0 Å². The van der Waals surface area contributed by atoms with Crippen molar-refractivity contribution < 1.29 is 22.7 Å². The van der Waals surface area contributed by atoms with Gasteiger partial charge in [-0.05, 0) is 6.42 Å². The molecule has 0 aromatic carbocycles. The highest BCUT2D eigenvalue weighted by Crippen LogP contribution is 2.19. The lowest BCUT2D eigenvalue weighted by molar-refractivity contribution is -0.138. The molecule has 0 radical (unpaired) electrons. The van der Waals surface area contributed by atoms with Crippen LogP contribution in [0.1, 0.15) is 45.4 Å². The molecule has 5 heteroatoms. The Bertz CT molecular complexity index is 234. The van der Waals surface area contributed by atoms with Crippen LogP contribution >= 0.6 is 0 Å². The Morgan fingerprint density at radius 1 is 1.18 bits per heavy atom. The summed E-state index contributed by atoms with van der Waals surface area (Å²) in [6, 6.07) is 0. The molecule has 2 nitrogen and oxygen atoms in total. The maximum atomic E-state index is 11.7. The predicted molar refractivity (Wildman–Crippen MR) is 59.5 cm³/mol. The molecule has 17 heavy (non-hydrogen) atoms. The molecule has 0 aromatic rings. The van der Waals surface area contributed by atoms with Gasteiger partial charge in [0.1, 0.15) is 0 Å². The number of halogens is 3. The number of rotatable bonds is 8. The number of esters is 1. The second kappa shape index (κ2) is 9.07. The van der Waals surface area contributed by atoms with Crippen LogP contribution in [-0.2, 0) is 9.53 Å². The van der Waals surface area contributed by atoms with Crippen molar-refractivity contribution in [1.82, 2.24) is 0 Å². The standard InChI is InChI=1S/C12H19F3O2/c1-2-3-4-5-6-10-17-11(16)8-7-9-12(13,14)15/h7-8H,2-6,9-10H2,1H3/b8-7+. The van der Waals surface area contributed by atoms with Crippen molar-refractivity contribution in [2.24, 2.45) is 0 Å². The average molecular weight is 252 g/mol. The van der Waals surface area contributed by atoms with E-state index < -0.39 is 18.6 Å². The molecule has 0 rings (SSSR count). The van der Waals surface area contributed by atoms with E-state index in [4.69, 9.17) is 4.74 Å². The number of hydrogen-bond acceptors (Lipinski definition) is 2. The maximum Gasteiger partial charge on any atom is 0.392 e. The van der Waals surface area contributed by atoms with Crippen molar-refractivity contribution in [3.05, 3.63) is 12.2 Å². The number of unbranched alkanes of at least 4 members (excludes halogenated alkanes) is 4. The molecule has 0 N–H and O–H groups in total. The fourth-order valence-corrected chi connectivity index (χ4v) is 1.22. The molecule has 0 bridgehead atoms. The van der Waals surface area contributed by atoms with E-state index in [1.165, 1.54) is 0 Å². The van der Waals surface area contributed by atoms with Gasteiger partial charge >= 0.3 is 12.1 Å². The number of carbonyl (C=O) groups excluding carboxylic acids is 1. The molecule has 0 aromatic heterocycles. The SMILES string of the molecule is CCCCCCCOC(=O)/C=C/CC(F)(F)F. The molecule has 0 saturated carbocycles. The van der Waals surface area contributed by atoms with E-state index in [0.717, 1.165) is 44.3 Å². The van der Waals surface area contributed by atoms with Gasteiger partial charge in [0.2, 0.25) is 0 Å². The summed E-state index contributed by atoms with van der Waals surface area (Å²) in [5, 5.41) is 0. The van der Waals surface area contributed by atoms with Gasteiger partial charge in [0.25, 0.3) is 0 Å². The van der Waals surface area contributed by atoms with Gasteiger partial charge < -0.3 is 4.74 Å². The summed E-state index contributed by atoms with van der Waals surface area (Å²) < 4.78 is 39.9. The third-order valence-electron chi connectivity index (χ3n) is 2.10. The van der Waals surface area contributed by atoms with Crippen molar-refractivity contribution in [2.45, 2.75) is 51.6 Å². The molecule has 0 unspecified atom stereocenters. The zero-order valence-electron chi connectivity index (χ0n) is 10.1. The Balaban J connectivity index is 3.47. The number of allylic oxidation sites excluding steroid dienone is 1. The van der Waals surface area contributed by atoms with Crippen molar-refractivity contribution in [3.8, 4) is 0 Å². The van der Waals surface area contributed by atoms with Gasteiger partial charge in [-0.1, -0.05) is 38.7 Å². The van der Waals surface area contributed by atoms with Gasteiger partial charge in [-0.25, -0.2) is 4.79 Å². The molecule has 100 valence electrons. The number of hydrogen-bond donors (Lipinski definition) is 0. The van der Waals surface area contributed by atoms with E-state index in [0.29, 0.717) is 0 Å². The molecule has 0 atom stereocenters. The van der Waals surface area contributed by atoms with E-state index in [9.17, 15) is 18.0 Å². The van der Waals surface area contributed by atoms with Crippen LogP contribution in [0, 0.1) is 0 Å². The summed E-state index contributed by atoms with van der Waals surface area (Å²) in [4.78, 5) is 10.9. The summed E-state index contributed by atoms with van der Waals surface area (Å²) >= 11 is 0. The summed E-state index contributed by atoms with van der Waals surface area (Å²) in [5.74, 6) is -0.704. The number of alkyl halides is 3. The Morgan fingerprint density at radius 2 is 1.82 bits per heavy atom. The van der Waals surface area contributed by atoms with Gasteiger partial charge in [-0.2, -0.15) is 13.2 Å². The zero-order chi connectivity index (χ0) is 13.1. The van der Waals surface area contributed by atoms with Crippen molar-refractivity contribution >= 4 is 5.97 Å². The quantitative estimate of drug-likeness (QED) is 0.370. The predicted octanol–water partition coefficient (Wildman–Crippen LogP) is 4.01. The van der Waals surface area contributed by atoms with Crippen LogP contribution in [0.5, 0.6) is 0 Å². The van der Waals surface area contributed by atoms with Gasteiger partial charge in [0.05, 0.1) is 13.0 Å². The highest BCUT2D eigenvalue weighted by molar-refractivity contribution is 5.81. The van der Waals surface area contributed by atoms with Crippen LogP contribution in [0.15, 0.2) is 12.2 Å². The third kappa shape index (κ3) is 12.9. The van der Waals surface area contributed by atoms with E-state index in [2.05, 4.69) is 6.92 Å². The van der Waals surface area contributed by atoms with E-state index in [1.807, 2.05) is 0 Å². The smallest absolute Gasteiger partial charge is 0.392 e. The van der Waals surface area contributed by atoms with Crippen molar-refractivity contribution in [3.63, 3.8) is 0 Å². The second-order valence-corrected chi connectivity index (χ2v) is 3.80. The molecular weight excluding hydrogens is 233 g/mol. The molecule has 0 aliphatic heterocycles. The van der Waals surface area contributed by atoms with Crippen LogP contribution in [-0.4, -0.2) is 18.8 Å². The average Bonchev–Trinajstić information content (AvgIpc) is 2.21. The largest absolute Gasteiger partial charge is 0.463 e. The maximum absolute atomic E-state index is 11.7. The second-order valence-electron chi connectivity index (χ2n) is 3.80. The minimum absolute atomic E-state index is 0.277. The first kappa shape index (κ1) is 16.0. The van der Waals surface area contributed by atoms with Gasteiger partial charge in [0, 0.05) is 6.08 Å². The van der Waals surface area contributed by atoms with Crippen LogP contribution in [0.25, 0.3) is 0 Å². The molecule has 0 fully saturated rings. The van der Waals surface area contributed by atoms with E-state index in [-0.39, 0.29) is 6.61 Å². The summed E-state index contributed by atoms with van der Waals surface area (Å²) in [6.07, 6.45) is 1.37. The third-order valence-corrected chi connectivity index (χ3v) is 2.10. The number of carbonyl (C=O) groups is 1. The first-order valence-electron chi connectivity index (χ1n) is 5.85. The van der Waals surface area contributed by atoms with Crippen LogP contribution in [0.2, 0.25) is 0 Å². The van der Waals surface area contributed by atoms with Crippen molar-refractivity contribution in [2.75, 3.05) is 6.61 Å². The highest BCUT2D eigenvalue weighted by atomic mass is 19.4. The Labute approximate surface area is 99.8 Å². The lowest BCUT2D eigenvalue weighted by atomic mass is 10.2. The van der Waals surface area contributed by atoms with Crippen molar-refractivity contribution in [1.29, 1.82) is 0 Å². The Kier molecular flexibility index (Phi) is 8.54. The molecule has 0 amide bonds. The Hall–Kier alpha value is -1.00. The first-order valence-corrected chi connectivity index (χ1v) is 5.85. The minimum atomic E-state index is -4.27. The summed E-state index contributed by atoms with van der Waals surface area (Å²) in [7, 11) is 0. The topological polar surface area (TPSA) is 26.3 Å². The zero-order valence-corrected chi connectivity index (χ0v) is 10.1. The molecule has 0 spiro atoms. The van der Waals surface area contributed by atoms with Gasteiger partial charge in [-0.15, -0.1) is 0 Å². The molecule has 0 saturated heterocycles. The van der Waals surface area contributed by atoms with Gasteiger partial charge in [-0.3, -0.25) is 0 Å². The number of ether oxygens (including phenoxy) is 1. The van der Waals surface area contributed by atoms with E-state index >= 15 is 0 Å². The van der Waals surface area contributed by atoms with Crippen LogP contribution in [0.4, 0.5) is 13.2 Å². The molecule has 0 aliphatic carbocycles. The lowest BCUT2D eigenvalue weighted by Gasteiger charge is -2.02. The Morgan fingerprint density at radius 3 is 2.41 bits per heavy atom. The molecule has 0 aliphatic rings. The molecule has 0 heterocycles. The normalized spacial score (nSPS) is 12.0. The summed E-state index contributed by atoms with van der Waals surface area (Å²) in [5.41, 5.74) is 0.